The van der Waals surface area contributed by atoms with Crippen LogP contribution in [0.25, 0.3) is 0 Å². The van der Waals surface area contributed by atoms with Crippen molar-refractivity contribution in [2.75, 3.05) is 0 Å². The maximum absolute atomic E-state index is 3.73. The van der Waals surface area contributed by atoms with E-state index in [0.717, 1.165) is 5.57 Å². The summed E-state index contributed by atoms with van der Waals surface area (Å²) in [7, 11) is 0. The quantitative estimate of drug-likeness (QED) is 0.450. The molecule has 43 valence electrons. The standard InChI is InChI=1S/C8H11/c1-5-6-8(4)7(2)3/h4H2,1-3H3. The fourth-order valence-electron chi connectivity index (χ4n) is 0.276. The Bertz CT molecular complexity index is 130. The summed E-state index contributed by atoms with van der Waals surface area (Å²) in [6.07, 6.45) is 0. The van der Waals surface area contributed by atoms with E-state index < -0.39 is 0 Å². The van der Waals surface area contributed by atoms with Gasteiger partial charge >= 0.3 is 0 Å². The van der Waals surface area contributed by atoms with Crippen molar-refractivity contribution in [2.45, 2.75) is 20.8 Å². The summed E-state index contributed by atoms with van der Waals surface area (Å²) < 4.78 is 0. The van der Waals surface area contributed by atoms with Crippen molar-refractivity contribution in [3.8, 4) is 11.8 Å². The normalized spacial score (nSPS) is 8.00. The van der Waals surface area contributed by atoms with Crippen molar-refractivity contribution in [3.05, 3.63) is 18.1 Å². The summed E-state index contributed by atoms with van der Waals surface area (Å²) in [4.78, 5) is 0. The van der Waals surface area contributed by atoms with Crippen molar-refractivity contribution in [1.82, 2.24) is 0 Å². The lowest BCUT2D eigenvalue weighted by atomic mass is 10.1. The van der Waals surface area contributed by atoms with E-state index in [4.69, 9.17) is 0 Å². The second kappa shape index (κ2) is 3.32. The van der Waals surface area contributed by atoms with E-state index in [1.807, 2.05) is 20.8 Å². The van der Waals surface area contributed by atoms with Gasteiger partial charge in [-0.1, -0.05) is 26.3 Å². The molecule has 8 heavy (non-hydrogen) atoms. The van der Waals surface area contributed by atoms with Crippen LogP contribution >= 0.6 is 0 Å². The third kappa shape index (κ3) is 2.47. The summed E-state index contributed by atoms with van der Waals surface area (Å²) >= 11 is 0. The molecule has 0 nitrogen and oxygen atoms in total. The Morgan fingerprint density at radius 1 is 1.38 bits per heavy atom. The van der Waals surface area contributed by atoms with Gasteiger partial charge in [0.1, 0.15) is 0 Å². The van der Waals surface area contributed by atoms with Gasteiger partial charge in [-0.25, -0.2) is 0 Å². The van der Waals surface area contributed by atoms with E-state index in [9.17, 15) is 0 Å². The zero-order valence-electron chi connectivity index (χ0n) is 5.71. The lowest BCUT2D eigenvalue weighted by Crippen LogP contribution is -1.83. The Morgan fingerprint density at radius 2 is 1.88 bits per heavy atom. The zero-order chi connectivity index (χ0) is 6.57. The molecule has 0 spiro atoms. The molecule has 0 rings (SSSR count). The second-order valence-corrected chi connectivity index (χ2v) is 1.85. The molecule has 0 aromatic carbocycles. The van der Waals surface area contributed by atoms with Crippen LogP contribution in [-0.4, -0.2) is 0 Å². The molecule has 0 aliphatic heterocycles. The third-order valence-electron chi connectivity index (χ3n) is 0.879. The minimum atomic E-state index is 0.938. The van der Waals surface area contributed by atoms with Gasteiger partial charge in [0.25, 0.3) is 0 Å². The maximum Gasteiger partial charge on any atom is 0.00677 e. The van der Waals surface area contributed by atoms with Crippen LogP contribution in [0.15, 0.2) is 12.2 Å². The van der Waals surface area contributed by atoms with Gasteiger partial charge in [0.15, 0.2) is 0 Å². The topological polar surface area (TPSA) is 0 Å². The number of hydrogen-bond donors (Lipinski definition) is 0. The van der Waals surface area contributed by atoms with E-state index in [0.29, 0.717) is 0 Å². The minimum absolute atomic E-state index is 0.938. The van der Waals surface area contributed by atoms with E-state index in [1.54, 1.807) is 0 Å². The Balaban J connectivity index is 3.78. The second-order valence-electron chi connectivity index (χ2n) is 1.85. The Labute approximate surface area is 51.6 Å². The first-order valence-electron chi connectivity index (χ1n) is 2.60. The Hall–Kier alpha value is -0.700. The van der Waals surface area contributed by atoms with Gasteiger partial charge in [-0.15, -0.1) is 5.92 Å². The number of hydrogen-bond acceptors (Lipinski definition) is 0. The molecule has 0 heterocycles. The van der Waals surface area contributed by atoms with E-state index >= 15 is 0 Å². The van der Waals surface area contributed by atoms with Crippen molar-refractivity contribution >= 4 is 0 Å². The molecule has 0 bridgehead atoms. The first kappa shape index (κ1) is 7.30. The largest absolute Gasteiger partial charge is 0.102 e. The van der Waals surface area contributed by atoms with Crippen LogP contribution in [0.5, 0.6) is 0 Å². The van der Waals surface area contributed by atoms with Gasteiger partial charge in [0.05, 0.1) is 0 Å². The predicted molar refractivity (Wildman–Crippen MR) is 37.2 cm³/mol. The summed E-state index contributed by atoms with van der Waals surface area (Å²) in [5.74, 6) is 6.84. The molecule has 0 aromatic rings. The first-order valence-corrected chi connectivity index (χ1v) is 2.60. The van der Waals surface area contributed by atoms with Crippen LogP contribution < -0.4 is 0 Å². The molecule has 0 aliphatic carbocycles. The molecule has 0 fully saturated rings. The van der Waals surface area contributed by atoms with Gasteiger partial charge in [0.2, 0.25) is 0 Å². The Kier molecular flexibility index (Phi) is 3.03. The van der Waals surface area contributed by atoms with E-state index in [2.05, 4.69) is 18.4 Å². The van der Waals surface area contributed by atoms with Gasteiger partial charge in [0, 0.05) is 11.5 Å². The van der Waals surface area contributed by atoms with Crippen LogP contribution in [-0.2, 0) is 0 Å². The summed E-state index contributed by atoms with van der Waals surface area (Å²) in [6.45, 7) is 9.56. The number of allylic oxidation sites excluding steroid dienone is 1. The zero-order valence-corrected chi connectivity index (χ0v) is 5.71. The Morgan fingerprint density at radius 3 is 2.00 bits per heavy atom. The molecule has 0 aromatic heterocycles. The van der Waals surface area contributed by atoms with E-state index in [1.165, 1.54) is 5.92 Å². The maximum atomic E-state index is 3.73. The molecule has 0 saturated heterocycles. The van der Waals surface area contributed by atoms with Gasteiger partial charge in [-0.3, -0.25) is 0 Å². The molecule has 0 saturated carbocycles. The van der Waals surface area contributed by atoms with Crippen molar-refractivity contribution in [1.29, 1.82) is 0 Å². The number of rotatable bonds is 1. The average molecular weight is 107 g/mol. The average Bonchev–Trinajstić information content (AvgIpc) is 1.67. The molecule has 0 N–H and O–H groups in total. The third-order valence-corrected chi connectivity index (χ3v) is 0.879. The highest BCUT2D eigenvalue weighted by molar-refractivity contribution is 5.36. The van der Waals surface area contributed by atoms with Crippen LogP contribution in [0.2, 0.25) is 0 Å². The molecule has 0 atom stereocenters. The lowest BCUT2D eigenvalue weighted by Gasteiger charge is -1.96. The molecule has 0 unspecified atom stereocenters. The van der Waals surface area contributed by atoms with Crippen molar-refractivity contribution in [3.63, 3.8) is 0 Å². The first-order chi connectivity index (χ1) is 3.68. The van der Waals surface area contributed by atoms with Gasteiger partial charge in [-0.05, 0) is 6.92 Å². The fraction of sp³-hybridized carbons (Fsp3) is 0.375. The molecule has 0 aliphatic rings. The van der Waals surface area contributed by atoms with Crippen molar-refractivity contribution in [2.24, 2.45) is 0 Å². The molecule has 0 amide bonds. The monoisotopic (exact) mass is 107 g/mol. The van der Waals surface area contributed by atoms with E-state index in [-0.39, 0.29) is 0 Å². The highest BCUT2D eigenvalue weighted by atomic mass is 14.0. The van der Waals surface area contributed by atoms with Crippen LogP contribution in [0.4, 0.5) is 0 Å². The predicted octanol–water partition coefficient (Wildman–Crippen LogP) is 2.18. The highest BCUT2D eigenvalue weighted by Gasteiger charge is 1.92. The SMILES string of the molecule is C=C(C#CC)[C](C)C. The summed E-state index contributed by atoms with van der Waals surface area (Å²) in [5.41, 5.74) is 0.938. The highest BCUT2D eigenvalue weighted by Crippen LogP contribution is 2.05. The van der Waals surface area contributed by atoms with Crippen LogP contribution in [0.1, 0.15) is 20.8 Å². The smallest absolute Gasteiger partial charge is 0.00677 e. The molecule has 0 heteroatoms. The fourth-order valence-corrected chi connectivity index (χ4v) is 0.276. The summed E-state index contributed by atoms with van der Waals surface area (Å²) in [5, 5.41) is 0. The molecule has 1 radical (unpaired) electrons. The van der Waals surface area contributed by atoms with Crippen molar-refractivity contribution < 1.29 is 0 Å². The summed E-state index contributed by atoms with van der Waals surface area (Å²) in [6, 6.07) is 0. The molecular formula is C8H11. The van der Waals surface area contributed by atoms with Crippen LogP contribution in [0, 0.1) is 17.8 Å². The van der Waals surface area contributed by atoms with Gasteiger partial charge < -0.3 is 0 Å². The van der Waals surface area contributed by atoms with Crippen LogP contribution in [0.3, 0.4) is 0 Å². The minimum Gasteiger partial charge on any atom is -0.102 e. The van der Waals surface area contributed by atoms with Gasteiger partial charge in [-0.2, -0.15) is 0 Å². The lowest BCUT2D eigenvalue weighted by molar-refractivity contribution is 1.17. The molecular weight excluding hydrogens is 96.1 g/mol.